The van der Waals surface area contributed by atoms with E-state index in [9.17, 15) is 25.3 Å². The minimum absolute atomic E-state index is 0. The number of sulfone groups is 3. The Labute approximate surface area is 906 Å². The number of benzene rings is 8. The second-order valence-electron chi connectivity index (χ2n) is 34.5. The Morgan fingerprint density at radius 3 is 1.04 bits per heavy atom. The summed E-state index contributed by atoms with van der Waals surface area (Å²) in [6.07, 6.45) is 11.2. The van der Waals surface area contributed by atoms with E-state index >= 15 is 0 Å². The molecule has 6 heterocycles. The average Bonchev–Trinajstić information content (AvgIpc) is 0.813. The molecule has 8 N–H and O–H groups in total. The van der Waals surface area contributed by atoms with Gasteiger partial charge in [-0.2, -0.15) is 15.0 Å². The van der Waals surface area contributed by atoms with Crippen molar-refractivity contribution in [2.24, 2.45) is 0 Å². The Morgan fingerprint density at radius 1 is 0.413 bits per heavy atom. The summed E-state index contributed by atoms with van der Waals surface area (Å²) < 4.78 is 95.6. The Balaban J connectivity index is 0.000000285. The Hall–Kier alpha value is -6.41. The summed E-state index contributed by atoms with van der Waals surface area (Å²) in [5.74, 6) is 5.30. The maximum atomic E-state index is 13.0. The van der Waals surface area contributed by atoms with Crippen molar-refractivity contribution in [1.82, 2.24) is 45.0 Å². The van der Waals surface area contributed by atoms with Crippen LogP contribution in [-0.4, -0.2) is 143 Å². The molecule has 138 heavy (non-hydrogen) atoms. The van der Waals surface area contributed by atoms with Crippen LogP contribution in [0.25, 0.3) is 0 Å². The summed E-state index contributed by atoms with van der Waals surface area (Å²) in [7, 11) is -10.5. The SMILES string of the molecule is C.CC(C)S(=O)(=O)c1ccccc1Nc1nc(Cl)ncc1Cl.CI.Cc1cc(N)c(OC(C)C)cc1C1CCN(Cc2ccccc2)CC1.Cc1cc(Nc2ncc(Cl)c(Nc3ccccc3S(=O)(=O)C(C)C)n2)c(OC(C)C)cc1C1CCN(Cc2ccccc2)CC1.Cc1cc(Nc2ncc(Cl)c(Nc3ccccc3S(=O)(=O)C(C)C)n2)c(OC(C)C)cc1C1CCNCC1.IC(I)I.[CH3-].[V]. The molecule has 3 fully saturated rings. The molecule has 0 atom stereocenters. The van der Waals surface area contributed by atoms with Gasteiger partial charge in [0.2, 0.25) is 17.2 Å². The molecule has 0 unspecified atom stereocenters. The van der Waals surface area contributed by atoms with Gasteiger partial charge >= 0.3 is 0 Å². The molecule has 14 rings (SSSR count). The summed E-state index contributed by atoms with van der Waals surface area (Å²) in [4.78, 5) is 33.3. The Morgan fingerprint density at radius 2 is 0.703 bits per heavy atom. The zero-order chi connectivity index (χ0) is 98.6. The topological polar surface area (TPSA) is 312 Å². The van der Waals surface area contributed by atoms with Crippen molar-refractivity contribution < 1.29 is 58.0 Å². The molecule has 8 aromatic carbocycles. The van der Waals surface area contributed by atoms with E-state index in [2.05, 4.69) is 280 Å². The monoisotopic (exact) mass is 2510 g/mol. The van der Waals surface area contributed by atoms with Crippen LogP contribution in [0.1, 0.15) is 191 Å². The maximum Gasteiger partial charge on any atom is 0.229 e. The van der Waals surface area contributed by atoms with Crippen LogP contribution in [0.5, 0.6) is 17.2 Å². The molecule has 0 spiro atoms. The molecule has 3 aliphatic heterocycles. The van der Waals surface area contributed by atoms with Crippen LogP contribution >= 0.6 is 137 Å². The van der Waals surface area contributed by atoms with E-state index in [4.69, 9.17) is 66.3 Å². The second-order valence-corrected chi connectivity index (χ2v) is 54.4. The number of aryl methyl sites for hydroxylation is 3. The smallest absolute Gasteiger partial charge is 0.229 e. The normalized spacial score (nSPS) is 13.8. The van der Waals surface area contributed by atoms with Crippen LogP contribution in [0, 0.1) is 28.2 Å². The third-order valence-corrected chi connectivity index (χ3v) is 30.1. The molecule has 0 aliphatic carbocycles. The zero-order valence-electron chi connectivity index (χ0n) is 80.6. The summed E-state index contributed by atoms with van der Waals surface area (Å²) in [6, 6.07) is 54.2. The molecule has 11 aromatic rings. The summed E-state index contributed by atoms with van der Waals surface area (Å²) >= 11 is 33.7. The molecule has 3 aromatic heterocycles. The summed E-state index contributed by atoms with van der Waals surface area (Å²) in [5, 5.41) is 18.3. The number of anilines is 11. The van der Waals surface area contributed by atoms with Crippen molar-refractivity contribution in [3.8, 4) is 17.2 Å². The molecule has 24 nitrogen and oxygen atoms in total. The third-order valence-electron chi connectivity index (χ3n) is 22.5. The van der Waals surface area contributed by atoms with Crippen molar-refractivity contribution in [3.05, 3.63) is 261 Å². The van der Waals surface area contributed by atoms with Gasteiger partial charge in [0.15, 0.2) is 47.0 Å². The first-order valence-corrected chi connectivity index (χ1v) is 57.0. The number of nitrogens with one attached hydrogen (secondary N) is 6. The van der Waals surface area contributed by atoms with Gasteiger partial charge in [0.1, 0.15) is 32.3 Å². The number of hydrogen-bond donors (Lipinski definition) is 7. The molecule has 0 saturated carbocycles. The van der Waals surface area contributed by atoms with E-state index in [0.717, 1.165) is 112 Å². The van der Waals surface area contributed by atoms with E-state index in [-0.39, 0.29) is 92.6 Å². The van der Waals surface area contributed by atoms with Crippen molar-refractivity contribution >= 4 is 230 Å². The summed E-state index contributed by atoms with van der Waals surface area (Å²) in [5.41, 5.74) is 20.0. The van der Waals surface area contributed by atoms with Crippen LogP contribution in [0.15, 0.2) is 203 Å². The largest absolute Gasteiger partial charge is 0.489 e. The van der Waals surface area contributed by atoms with Gasteiger partial charge in [0, 0.05) is 31.6 Å². The predicted molar refractivity (Wildman–Crippen MR) is 605 cm³/mol. The van der Waals surface area contributed by atoms with Gasteiger partial charge in [-0.25, -0.2) is 40.2 Å². The first-order chi connectivity index (χ1) is 64.1. The number of hydrogen-bond acceptors (Lipinski definition) is 24. The zero-order valence-corrected chi connectivity index (χ0v) is 96.1. The number of piperidine rings is 3. The van der Waals surface area contributed by atoms with E-state index in [1.807, 2.05) is 46.5 Å². The fourth-order valence-electron chi connectivity index (χ4n) is 15.6. The first kappa shape index (κ1) is 120. The van der Waals surface area contributed by atoms with Gasteiger partial charge < -0.3 is 59.3 Å². The second kappa shape index (κ2) is 57.9. The number of nitrogen functional groups attached to an aromatic ring is 1. The number of likely N-dealkylation sites (tertiary alicyclic amines) is 2. The number of nitrogens with zero attached hydrogens (tertiary/aromatic N) is 8. The van der Waals surface area contributed by atoms with Gasteiger partial charge in [0.05, 0.1) is 101 Å². The van der Waals surface area contributed by atoms with Crippen LogP contribution < -0.4 is 51.8 Å². The van der Waals surface area contributed by atoms with E-state index in [1.54, 1.807) is 108 Å². The van der Waals surface area contributed by atoms with Crippen LogP contribution in [0.3, 0.4) is 0 Å². The standard InChI is InChI=1S/C35H42ClN5O3S.C28H36ClN5O3S.C22H30N2O.C13H13Cl2N3O2S.CHI3.CH3I.CH4.CH3.V/c1-23(2)44-32-20-28(27-15-17-41(18-16-27)22-26-11-7-6-8-12-26)25(5)19-31(32)39-35-37-21-29(36)34(40-35)38-30-13-9-10-14-33(30)45(42,43)24(3)4;1-17(2)37-25-15-21(20-10-12-30-13-11-20)19(5)14-24(25)33-28-31-16-22(29)27(34-28)32-23-8-6-7-9-26(23)38(35,36)18(3)4;1-16(2)25-22-14-20(17(3)13-21(22)23)19-9-11-24(12-10-19)15-18-7-5-4-6-8-18;1-8(2)21(19,20)11-6-4-3-5-10(11)17-12-9(14)7-16-13(15)18-12;2-1(3)4;1-2;;;/h6-14,19-21,23-24,27H,15-18,22H2,1-5H3,(H2,37,38,39,40);6-9,14-18,20,30H,10-13H2,1-5H3,(H2,31,32,33,34);4-8,13-14,16,19H,9-12,15,23H2,1-3H3;3-8H,1-2H3,(H,16,17,18);1H;1H3;1H4;1H3;/q;;;;;;;-1;. The minimum Gasteiger partial charge on any atom is -0.489 e. The summed E-state index contributed by atoms with van der Waals surface area (Å²) in [6.45, 7) is 36.8. The number of rotatable bonds is 29. The molecule has 0 bridgehead atoms. The average molecular weight is 2510 g/mol. The number of ether oxygens (including phenoxy) is 3. The number of nitrogens with two attached hydrogens (primary N) is 1. The van der Waals surface area contributed by atoms with Crippen molar-refractivity contribution in [2.45, 2.75) is 229 Å². The Kier molecular flexibility index (Phi) is 50.5. The fourth-order valence-corrected chi connectivity index (χ4v) is 19.8. The predicted octanol–water partition coefficient (Wildman–Crippen LogP) is 27.8. The fraction of sp³-hybridized carbons (Fsp3) is 0.402. The molecule has 3 aliphatic rings. The number of halogens is 8. The number of aromatic nitrogens is 6. The molecular formula is C102H132Cl4I4N15O9S3V-. The quantitative estimate of drug-likeness (QED) is 0.00753. The Bertz CT molecular complexity index is 6060. The van der Waals surface area contributed by atoms with E-state index < -0.39 is 45.3 Å². The maximum absolute atomic E-state index is 13.0. The van der Waals surface area contributed by atoms with E-state index in [1.165, 1.54) is 82.0 Å². The molecule has 1 radical (unpaired) electrons. The molecule has 749 valence electrons. The minimum atomic E-state index is -3.54. The third kappa shape index (κ3) is 35.5. The van der Waals surface area contributed by atoms with Crippen LogP contribution in [-0.2, 0) is 61.2 Å². The molecule has 0 amide bonds. The van der Waals surface area contributed by atoms with Gasteiger partial charge in [-0.3, -0.25) is 9.80 Å². The van der Waals surface area contributed by atoms with Crippen molar-refractivity contribution in [1.29, 1.82) is 0 Å². The number of alkyl halides is 4. The van der Waals surface area contributed by atoms with Gasteiger partial charge in [-0.1, -0.05) is 230 Å². The first-order valence-electron chi connectivity index (χ1n) is 44.9. The van der Waals surface area contributed by atoms with Gasteiger partial charge in [0.25, 0.3) is 0 Å². The molecule has 36 heteroatoms. The van der Waals surface area contributed by atoms with Crippen LogP contribution in [0.4, 0.5) is 63.5 Å². The number of para-hydroxylation sites is 3. The molecule has 3 saturated heterocycles. The van der Waals surface area contributed by atoms with Gasteiger partial charge in [-0.15, -0.1) is 0 Å². The van der Waals surface area contributed by atoms with E-state index in [0.29, 0.717) is 58.3 Å². The van der Waals surface area contributed by atoms with Gasteiger partial charge in [-0.05, 0) is 333 Å². The molecular weight excluding hydrogens is 2380 g/mol. The van der Waals surface area contributed by atoms with Crippen molar-refractivity contribution in [3.63, 3.8) is 0 Å². The van der Waals surface area contributed by atoms with Crippen molar-refractivity contribution in [2.75, 3.05) is 76.5 Å². The van der Waals surface area contributed by atoms with Crippen LogP contribution in [0.2, 0.25) is 20.4 Å².